The van der Waals surface area contributed by atoms with Gasteiger partial charge in [0, 0.05) is 25.0 Å². The monoisotopic (exact) mass is 420 g/mol. The highest BCUT2D eigenvalue weighted by Crippen LogP contribution is 2.34. The van der Waals surface area contributed by atoms with Gasteiger partial charge in [0.25, 0.3) is 0 Å². The van der Waals surface area contributed by atoms with Gasteiger partial charge in [0.05, 0.1) is 17.1 Å². The summed E-state index contributed by atoms with van der Waals surface area (Å²) in [5.74, 6) is 1.26. The van der Waals surface area contributed by atoms with Gasteiger partial charge in [-0.15, -0.1) is 0 Å². The number of aromatic nitrogens is 2. The summed E-state index contributed by atoms with van der Waals surface area (Å²) in [4.78, 5) is 25.5. The molecule has 31 heavy (non-hydrogen) atoms. The van der Waals surface area contributed by atoms with Gasteiger partial charge in [-0.3, -0.25) is 4.90 Å². The van der Waals surface area contributed by atoms with Crippen LogP contribution in [-0.4, -0.2) is 56.9 Å². The Morgan fingerprint density at radius 3 is 2.71 bits per heavy atom. The fourth-order valence-corrected chi connectivity index (χ4v) is 4.31. The summed E-state index contributed by atoms with van der Waals surface area (Å²) in [5, 5.41) is 21.2. The third-order valence-corrected chi connectivity index (χ3v) is 5.65. The van der Waals surface area contributed by atoms with Crippen LogP contribution in [0.4, 0.5) is 10.6 Å². The Labute approximate surface area is 182 Å². The number of carboxylic acid groups (broad SMARTS) is 1. The molecular formula is C24H28N4O3. The lowest BCUT2D eigenvalue weighted by Crippen LogP contribution is -2.42. The molecule has 1 fully saturated rings. The quantitative estimate of drug-likeness (QED) is 0.631. The Balaban J connectivity index is 1.84. The number of nitrogens with zero attached hydrogens (tertiary/aromatic N) is 4. The third kappa shape index (κ3) is 4.32. The normalized spacial score (nSPS) is 16.8. The zero-order valence-corrected chi connectivity index (χ0v) is 18.1. The molecule has 1 aliphatic heterocycles. The van der Waals surface area contributed by atoms with Gasteiger partial charge in [-0.25, -0.2) is 14.8 Å². The Morgan fingerprint density at radius 2 is 2.00 bits per heavy atom. The van der Waals surface area contributed by atoms with Gasteiger partial charge in [-0.1, -0.05) is 32.0 Å². The van der Waals surface area contributed by atoms with Crippen molar-refractivity contribution in [3.8, 4) is 17.1 Å². The first-order chi connectivity index (χ1) is 14.8. The molecule has 0 radical (unpaired) electrons. The number of para-hydroxylation sites is 1. The lowest BCUT2D eigenvalue weighted by molar-refractivity contribution is 0.198. The van der Waals surface area contributed by atoms with Gasteiger partial charge in [0.15, 0.2) is 5.82 Å². The van der Waals surface area contributed by atoms with E-state index in [0.29, 0.717) is 40.6 Å². The highest BCUT2D eigenvalue weighted by Gasteiger charge is 2.34. The molecular weight excluding hydrogens is 392 g/mol. The van der Waals surface area contributed by atoms with Crippen molar-refractivity contribution in [3.63, 3.8) is 0 Å². The van der Waals surface area contributed by atoms with E-state index in [1.54, 1.807) is 24.3 Å². The van der Waals surface area contributed by atoms with E-state index in [9.17, 15) is 15.0 Å². The summed E-state index contributed by atoms with van der Waals surface area (Å²) in [6.45, 7) is 8.78. The maximum Gasteiger partial charge on any atom is 0.413 e. The molecule has 0 bridgehead atoms. The first-order valence-electron chi connectivity index (χ1n) is 10.6. The van der Waals surface area contributed by atoms with Crippen LogP contribution in [0.25, 0.3) is 22.3 Å². The molecule has 1 atom stereocenters. The van der Waals surface area contributed by atoms with Crippen LogP contribution >= 0.6 is 0 Å². The highest BCUT2D eigenvalue weighted by atomic mass is 16.4. The summed E-state index contributed by atoms with van der Waals surface area (Å²) in [7, 11) is 0. The number of amides is 1. The van der Waals surface area contributed by atoms with Crippen LogP contribution in [0.1, 0.15) is 25.8 Å². The van der Waals surface area contributed by atoms with Crippen LogP contribution in [-0.2, 0) is 0 Å². The summed E-state index contributed by atoms with van der Waals surface area (Å²) >= 11 is 0. The molecule has 0 saturated carbocycles. The molecule has 0 aliphatic carbocycles. The summed E-state index contributed by atoms with van der Waals surface area (Å²) in [6, 6.07) is 12.4. The molecule has 2 aromatic carbocycles. The summed E-state index contributed by atoms with van der Waals surface area (Å²) in [5.41, 5.74) is 2.16. The molecule has 1 saturated heterocycles. The van der Waals surface area contributed by atoms with Crippen molar-refractivity contribution in [2.75, 3.05) is 24.5 Å². The van der Waals surface area contributed by atoms with Crippen LogP contribution < -0.4 is 4.90 Å². The van der Waals surface area contributed by atoms with Crippen LogP contribution in [0.2, 0.25) is 0 Å². The van der Waals surface area contributed by atoms with Gasteiger partial charge in [-0.05, 0) is 49.1 Å². The van der Waals surface area contributed by atoms with Crippen molar-refractivity contribution in [2.24, 2.45) is 5.92 Å². The second kappa shape index (κ2) is 8.51. The van der Waals surface area contributed by atoms with Gasteiger partial charge >= 0.3 is 6.09 Å². The average molecular weight is 421 g/mol. The maximum atomic E-state index is 12.4. The number of rotatable bonds is 5. The van der Waals surface area contributed by atoms with Crippen molar-refractivity contribution in [2.45, 2.75) is 33.2 Å². The van der Waals surface area contributed by atoms with Crippen molar-refractivity contribution in [1.29, 1.82) is 0 Å². The third-order valence-electron chi connectivity index (χ3n) is 5.65. The number of hydrogen-bond donors (Lipinski definition) is 2. The number of fused-ring (bicyclic) bond motifs is 1. The number of benzene rings is 2. The molecule has 2 heterocycles. The number of likely N-dealkylation sites (tertiary alicyclic amines) is 1. The van der Waals surface area contributed by atoms with Crippen LogP contribution in [0.5, 0.6) is 5.75 Å². The summed E-state index contributed by atoms with van der Waals surface area (Å²) < 4.78 is 0. The number of phenols is 1. The van der Waals surface area contributed by atoms with Gasteiger partial charge in [-0.2, -0.15) is 0 Å². The second-order valence-corrected chi connectivity index (χ2v) is 8.66. The Kier molecular flexibility index (Phi) is 5.78. The minimum Gasteiger partial charge on any atom is -0.507 e. The van der Waals surface area contributed by atoms with E-state index < -0.39 is 6.09 Å². The number of hydrogen-bond acceptors (Lipinski definition) is 5. The standard InChI is InChI=1S/C24H28N4O3/c1-15(2)13-27-11-10-17(14-27)28(24(30)31)23-18-9-8-16(3)12-20(18)25-22(26-23)19-6-4-5-7-21(19)29/h4-9,12,15,17,29H,10-11,13-14H2,1-3H3,(H,30,31)/t17-/m1/s1. The minimum absolute atomic E-state index is 0.0614. The number of anilines is 1. The van der Waals surface area contributed by atoms with Gasteiger partial charge in [0.1, 0.15) is 11.6 Å². The fourth-order valence-electron chi connectivity index (χ4n) is 4.31. The van der Waals surface area contributed by atoms with E-state index in [-0.39, 0.29) is 11.8 Å². The van der Waals surface area contributed by atoms with Crippen LogP contribution in [0, 0.1) is 12.8 Å². The number of phenolic OH excluding ortho intramolecular Hbond substituents is 1. The molecule has 162 valence electrons. The van der Waals surface area contributed by atoms with E-state index in [2.05, 4.69) is 28.7 Å². The SMILES string of the molecule is Cc1ccc2c(N(C(=O)O)[C@@H]3CCN(CC(C)C)C3)nc(-c3ccccc3O)nc2c1. The maximum absolute atomic E-state index is 12.4. The van der Waals surface area contributed by atoms with Crippen molar-refractivity contribution in [3.05, 3.63) is 48.0 Å². The van der Waals surface area contributed by atoms with E-state index in [1.165, 1.54) is 4.90 Å². The molecule has 0 unspecified atom stereocenters. The number of aromatic hydroxyl groups is 1. The predicted molar refractivity (Wildman–Crippen MR) is 122 cm³/mol. The topological polar surface area (TPSA) is 89.8 Å². The molecule has 1 aromatic heterocycles. The Morgan fingerprint density at radius 1 is 1.23 bits per heavy atom. The smallest absolute Gasteiger partial charge is 0.413 e. The molecule has 7 heteroatoms. The van der Waals surface area contributed by atoms with Crippen molar-refractivity contribution >= 4 is 22.8 Å². The number of aryl methyl sites for hydroxylation is 1. The molecule has 3 aromatic rings. The second-order valence-electron chi connectivity index (χ2n) is 8.66. The van der Waals surface area contributed by atoms with Gasteiger partial charge < -0.3 is 15.1 Å². The molecule has 1 amide bonds. The van der Waals surface area contributed by atoms with Crippen molar-refractivity contribution in [1.82, 2.24) is 14.9 Å². The highest BCUT2D eigenvalue weighted by molar-refractivity contribution is 5.99. The van der Waals surface area contributed by atoms with E-state index >= 15 is 0 Å². The molecule has 2 N–H and O–H groups in total. The Hall–Kier alpha value is -3.19. The molecule has 1 aliphatic rings. The molecule has 0 spiro atoms. The predicted octanol–water partition coefficient (Wildman–Crippen LogP) is 4.53. The average Bonchev–Trinajstić information content (AvgIpc) is 3.14. The Bertz CT molecular complexity index is 1120. The molecule has 7 nitrogen and oxygen atoms in total. The fraction of sp³-hybridized carbons (Fsp3) is 0.375. The lowest BCUT2D eigenvalue weighted by Gasteiger charge is -2.27. The van der Waals surface area contributed by atoms with E-state index in [1.807, 2.05) is 25.1 Å². The molecule has 4 rings (SSSR count). The van der Waals surface area contributed by atoms with E-state index in [4.69, 9.17) is 0 Å². The largest absolute Gasteiger partial charge is 0.507 e. The van der Waals surface area contributed by atoms with Crippen molar-refractivity contribution < 1.29 is 15.0 Å². The number of carbonyl (C=O) groups is 1. The van der Waals surface area contributed by atoms with Gasteiger partial charge in [0.2, 0.25) is 0 Å². The summed E-state index contributed by atoms with van der Waals surface area (Å²) in [6.07, 6.45) is -0.275. The first kappa shape index (κ1) is 21.1. The lowest BCUT2D eigenvalue weighted by atomic mass is 10.1. The zero-order chi connectivity index (χ0) is 22.1. The minimum atomic E-state index is -1.03. The van der Waals surface area contributed by atoms with E-state index in [0.717, 1.165) is 25.1 Å². The zero-order valence-electron chi connectivity index (χ0n) is 18.1. The first-order valence-corrected chi connectivity index (χ1v) is 10.6. The van der Waals surface area contributed by atoms with Crippen LogP contribution in [0.3, 0.4) is 0 Å². The van der Waals surface area contributed by atoms with Crippen LogP contribution in [0.15, 0.2) is 42.5 Å².